The fourth-order valence-electron chi connectivity index (χ4n) is 1.62. The number of rotatable bonds is 4. The van der Waals surface area contributed by atoms with Gasteiger partial charge in [-0.3, -0.25) is 4.79 Å². The maximum absolute atomic E-state index is 11.1. The van der Waals surface area contributed by atoms with Crippen molar-refractivity contribution in [3.63, 3.8) is 0 Å². The van der Waals surface area contributed by atoms with Crippen LogP contribution in [0.4, 0.5) is 0 Å². The highest BCUT2D eigenvalue weighted by Gasteiger charge is 2.25. The summed E-state index contributed by atoms with van der Waals surface area (Å²) in [6.07, 6.45) is 3.29. The third-order valence-electron chi connectivity index (χ3n) is 2.35. The van der Waals surface area contributed by atoms with Gasteiger partial charge in [0, 0.05) is 18.9 Å². The Morgan fingerprint density at radius 1 is 1.75 bits per heavy atom. The Bertz CT molecular complexity index is 179. The zero-order valence-electron chi connectivity index (χ0n) is 7.38. The van der Waals surface area contributed by atoms with E-state index in [4.69, 9.17) is 0 Å². The first-order valence-electron chi connectivity index (χ1n) is 4.45. The fraction of sp³-hybridized carbons (Fsp3) is 0.778. The molecule has 1 fully saturated rings. The molecule has 0 aromatic rings. The van der Waals surface area contributed by atoms with E-state index in [1.165, 1.54) is 0 Å². The average molecular weight is 169 g/mol. The van der Waals surface area contributed by atoms with Gasteiger partial charge in [-0.25, -0.2) is 0 Å². The summed E-state index contributed by atoms with van der Waals surface area (Å²) >= 11 is 0. The molecule has 3 heteroatoms. The number of carbonyl (C=O) groups is 2. The second-order valence-corrected chi connectivity index (χ2v) is 3.52. The number of hydrogen-bond acceptors (Lipinski definition) is 2. The molecule has 12 heavy (non-hydrogen) atoms. The Balaban J connectivity index is 2.29. The van der Waals surface area contributed by atoms with Crippen molar-refractivity contribution in [3.8, 4) is 0 Å². The zero-order chi connectivity index (χ0) is 8.97. The summed E-state index contributed by atoms with van der Waals surface area (Å²) in [6, 6.07) is 0. The van der Waals surface area contributed by atoms with Gasteiger partial charge in [-0.2, -0.15) is 0 Å². The SMILES string of the molecule is CC(CC=O)CC1CCNC1=O. The zero-order valence-corrected chi connectivity index (χ0v) is 7.38. The molecule has 0 radical (unpaired) electrons. The highest BCUT2D eigenvalue weighted by Crippen LogP contribution is 2.20. The van der Waals surface area contributed by atoms with Crippen molar-refractivity contribution >= 4 is 12.2 Å². The van der Waals surface area contributed by atoms with Gasteiger partial charge in [0.25, 0.3) is 0 Å². The number of aldehydes is 1. The molecule has 0 aromatic carbocycles. The Labute approximate surface area is 72.5 Å². The lowest BCUT2D eigenvalue weighted by atomic mass is 9.93. The van der Waals surface area contributed by atoms with Crippen LogP contribution >= 0.6 is 0 Å². The van der Waals surface area contributed by atoms with Gasteiger partial charge in [-0.1, -0.05) is 6.92 Å². The minimum Gasteiger partial charge on any atom is -0.356 e. The van der Waals surface area contributed by atoms with Gasteiger partial charge < -0.3 is 10.1 Å². The molecule has 0 saturated carbocycles. The molecule has 0 spiro atoms. The number of carbonyl (C=O) groups excluding carboxylic acids is 2. The molecule has 3 nitrogen and oxygen atoms in total. The van der Waals surface area contributed by atoms with E-state index in [9.17, 15) is 9.59 Å². The summed E-state index contributed by atoms with van der Waals surface area (Å²) in [5.41, 5.74) is 0. The van der Waals surface area contributed by atoms with Gasteiger partial charge in [-0.15, -0.1) is 0 Å². The predicted octanol–water partition coefficient (Wildman–Crippen LogP) is 0.738. The maximum atomic E-state index is 11.1. The first-order chi connectivity index (χ1) is 5.74. The van der Waals surface area contributed by atoms with Gasteiger partial charge in [0.2, 0.25) is 5.91 Å². The van der Waals surface area contributed by atoms with E-state index in [1.807, 2.05) is 6.92 Å². The third-order valence-corrected chi connectivity index (χ3v) is 2.35. The van der Waals surface area contributed by atoms with Crippen LogP contribution < -0.4 is 5.32 Å². The van der Waals surface area contributed by atoms with Crippen molar-refractivity contribution in [1.82, 2.24) is 5.32 Å². The molecule has 1 amide bonds. The Morgan fingerprint density at radius 3 is 3.00 bits per heavy atom. The molecule has 0 bridgehead atoms. The van der Waals surface area contributed by atoms with Crippen LogP contribution in [0, 0.1) is 11.8 Å². The van der Waals surface area contributed by atoms with E-state index < -0.39 is 0 Å². The third kappa shape index (κ3) is 2.32. The molecular formula is C9H15NO2. The van der Waals surface area contributed by atoms with E-state index >= 15 is 0 Å². The lowest BCUT2D eigenvalue weighted by Gasteiger charge is -2.10. The first-order valence-corrected chi connectivity index (χ1v) is 4.45. The summed E-state index contributed by atoms with van der Waals surface area (Å²) in [4.78, 5) is 21.3. The average Bonchev–Trinajstić information content (AvgIpc) is 2.37. The molecule has 2 unspecified atom stereocenters. The largest absolute Gasteiger partial charge is 0.356 e. The normalized spacial score (nSPS) is 25.1. The molecule has 1 rings (SSSR count). The molecule has 0 aliphatic carbocycles. The van der Waals surface area contributed by atoms with Crippen LogP contribution in [0.25, 0.3) is 0 Å². The molecule has 1 saturated heterocycles. The predicted molar refractivity (Wildman–Crippen MR) is 45.6 cm³/mol. The number of hydrogen-bond donors (Lipinski definition) is 1. The van der Waals surface area contributed by atoms with Crippen molar-refractivity contribution in [2.45, 2.75) is 26.2 Å². The quantitative estimate of drug-likeness (QED) is 0.631. The second kappa shape index (κ2) is 4.24. The van der Waals surface area contributed by atoms with Crippen LogP contribution in [0.5, 0.6) is 0 Å². The van der Waals surface area contributed by atoms with Crippen molar-refractivity contribution in [2.75, 3.05) is 6.54 Å². The smallest absolute Gasteiger partial charge is 0.223 e. The van der Waals surface area contributed by atoms with Crippen molar-refractivity contribution in [3.05, 3.63) is 0 Å². The van der Waals surface area contributed by atoms with Crippen LogP contribution in [0.1, 0.15) is 26.2 Å². The van der Waals surface area contributed by atoms with Gasteiger partial charge >= 0.3 is 0 Å². The van der Waals surface area contributed by atoms with Gasteiger partial charge in [0.15, 0.2) is 0 Å². The van der Waals surface area contributed by atoms with Crippen LogP contribution in [-0.4, -0.2) is 18.7 Å². The lowest BCUT2D eigenvalue weighted by molar-refractivity contribution is -0.123. The highest BCUT2D eigenvalue weighted by atomic mass is 16.2. The molecule has 1 aliphatic heterocycles. The van der Waals surface area contributed by atoms with E-state index in [-0.39, 0.29) is 11.8 Å². The van der Waals surface area contributed by atoms with Crippen LogP contribution in [0.15, 0.2) is 0 Å². The summed E-state index contributed by atoms with van der Waals surface area (Å²) in [7, 11) is 0. The van der Waals surface area contributed by atoms with Crippen LogP contribution in [0.3, 0.4) is 0 Å². The molecule has 1 aliphatic rings. The molecule has 1 N–H and O–H groups in total. The first kappa shape index (κ1) is 9.23. The summed E-state index contributed by atoms with van der Waals surface area (Å²) in [6.45, 7) is 2.82. The van der Waals surface area contributed by atoms with E-state index in [0.717, 1.165) is 25.7 Å². The number of nitrogens with one attached hydrogen (secondary N) is 1. The highest BCUT2D eigenvalue weighted by molar-refractivity contribution is 5.80. The molecule has 0 aromatic heterocycles. The van der Waals surface area contributed by atoms with Gasteiger partial charge in [0.05, 0.1) is 0 Å². The summed E-state index contributed by atoms with van der Waals surface area (Å²) in [5.74, 6) is 0.657. The Morgan fingerprint density at radius 2 is 2.50 bits per heavy atom. The summed E-state index contributed by atoms with van der Waals surface area (Å²) < 4.78 is 0. The monoisotopic (exact) mass is 169 g/mol. The fourth-order valence-corrected chi connectivity index (χ4v) is 1.62. The van der Waals surface area contributed by atoms with Gasteiger partial charge in [0.1, 0.15) is 6.29 Å². The minimum absolute atomic E-state index is 0.153. The van der Waals surface area contributed by atoms with E-state index in [2.05, 4.69) is 5.32 Å². The summed E-state index contributed by atoms with van der Waals surface area (Å²) in [5, 5.41) is 2.79. The molecular weight excluding hydrogens is 154 g/mol. The van der Waals surface area contributed by atoms with Crippen molar-refractivity contribution in [2.24, 2.45) is 11.8 Å². The van der Waals surface area contributed by atoms with Gasteiger partial charge in [-0.05, 0) is 18.8 Å². The van der Waals surface area contributed by atoms with Crippen molar-refractivity contribution < 1.29 is 9.59 Å². The topological polar surface area (TPSA) is 46.2 Å². The van der Waals surface area contributed by atoms with E-state index in [1.54, 1.807) is 0 Å². The molecule has 68 valence electrons. The number of amides is 1. The standard InChI is InChI=1S/C9H15NO2/c1-7(3-5-11)6-8-2-4-10-9(8)12/h5,7-8H,2-4,6H2,1H3,(H,10,12). The van der Waals surface area contributed by atoms with Crippen LogP contribution in [0.2, 0.25) is 0 Å². The minimum atomic E-state index is 0.153. The Hall–Kier alpha value is -0.860. The molecule has 1 heterocycles. The van der Waals surface area contributed by atoms with Crippen LogP contribution in [-0.2, 0) is 9.59 Å². The molecule has 2 atom stereocenters. The Kier molecular flexibility index (Phi) is 3.26. The van der Waals surface area contributed by atoms with E-state index in [0.29, 0.717) is 12.3 Å². The second-order valence-electron chi connectivity index (χ2n) is 3.52. The maximum Gasteiger partial charge on any atom is 0.223 e. The van der Waals surface area contributed by atoms with Crippen molar-refractivity contribution in [1.29, 1.82) is 0 Å². The lowest BCUT2D eigenvalue weighted by Crippen LogP contribution is -2.20.